The van der Waals surface area contributed by atoms with E-state index in [1.165, 1.54) is 12.1 Å². The van der Waals surface area contributed by atoms with Gasteiger partial charge in [0, 0.05) is 55.2 Å². The standard InChI is InChI=1S/C32H43FN4O4/c1-7-36(21(4)5)32(38)27-14-23(33)8-9-25(27)26-15-30(37-22(6)16-34-17-29(26)37)41-24-18-35(19-24)28(20(2)3)10-11-31-39-12-13-40-31/h8-9,14-17,20-21,24,28,31H,7,10-13,18-19H2,1-6H3. The molecule has 2 saturated heterocycles. The molecular weight excluding hydrogens is 523 g/mol. The van der Waals surface area contributed by atoms with Crippen molar-refractivity contribution in [3.05, 3.63) is 53.7 Å². The Morgan fingerprint density at radius 1 is 1.12 bits per heavy atom. The zero-order chi connectivity index (χ0) is 29.3. The lowest BCUT2D eigenvalue weighted by atomic mass is 9.93. The van der Waals surface area contributed by atoms with Gasteiger partial charge in [-0.1, -0.05) is 19.9 Å². The number of halogens is 1. The van der Waals surface area contributed by atoms with Crippen molar-refractivity contribution in [2.75, 3.05) is 32.8 Å². The zero-order valence-corrected chi connectivity index (χ0v) is 25.1. The summed E-state index contributed by atoms with van der Waals surface area (Å²) in [7, 11) is 0. The van der Waals surface area contributed by atoms with Crippen LogP contribution in [0.3, 0.4) is 0 Å². The average molecular weight is 567 g/mol. The van der Waals surface area contributed by atoms with Gasteiger partial charge in [0.05, 0.1) is 30.5 Å². The van der Waals surface area contributed by atoms with Crippen molar-refractivity contribution in [2.24, 2.45) is 5.92 Å². The van der Waals surface area contributed by atoms with Crippen molar-refractivity contribution < 1.29 is 23.4 Å². The van der Waals surface area contributed by atoms with Gasteiger partial charge in [-0.25, -0.2) is 4.39 Å². The second-order valence-electron chi connectivity index (χ2n) is 11.8. The van der Waals surface area contributed by atoms with E-state index in [2.05, 4.69) is 23.7 Å². The Hall–Kier alpha value is -3.01. The Balaban J connectivity index is 1.39. The molecule has 0 radical (unpaired) electrons. The zero-order valence-electron chi connectivity index (χ0n) is 25.1. The molecule has 0 saturated carbocycles. The second kappa shape index (κ2) is 12.5. The summed E-state index contributed by atoms with van der Waals surface area (Å²) in [6, 6.07) is 6.83. The molecule has 0 N–H and O–H groups in total. The fourth-order valence-electron chi connectivity index (χ4n) is 6.20. The van der Waals surface area contributed by atoms with Crippen molar-refractivity contribution in [1.82, 2.24) is 19.2 Å². The molecule has 2 fully saturated rings. The van der Waals surface area contributed by atoms with Crippen molar-refractivity contribution >= 4 is 11.4 Å². The Kier molecular flexibility index (Phi) is 8.97. The number of benzene rings is 1. The van der Waals surface area contributed by atoms with Crippen molar-refractivity contribution in [3.8, 4) is 17.0 Å². The third kappa shape index (κ3) is 6.12. The van der Waals surface area contributed by atoms with E-state index in [0.29, 0.717) is 48.7 Å². The molecular formula is C32H43FN4O4. The SMILES string of the molecule is CCN(C(=O)c1cc(F)ccc1-c1cc(OC2CN(C(CCC3OCCO3)C(C)C)C2)n2c(C)cncc12)C(C)C. The van der Waals surface area contributed by atoms with E-state index in [1.807, 2.05) is 38.2 Å². The summed E-state index contributed by atoms with van der Waals surface area (Å²) < 4.78 is 34.4. The smallest absolute Gasteiger partial charge is 0.254 e. The van der Waals surface area contributed by atoms with E-state index in [4.69, 9.17) is 14.2 Å². The van der Waals surface area contributed by atoms with Crippen molar-refractivity contribution in [1.29, 1.82) is 0 Å². The molecule has 0 aliphatic carbocycles. The van der Waals surface area contributed by atoms with E-state index in [0.717, 1.165) is 42.7 Å². The molecule has 0 spiro atoms. The van der Waals surface area contributed by atoms with Gasteiger partial charge in [0.25, 0.3) is 5.91 Å². The molecule has 2 aromatic heterocycles. The summed E-state index contributed by atoms with van der Waals surface area (Å²) >= 11 is 0. The lowest BCUT2D eigenvalue weighted by molar-refractivity contribution is -0.0652. The van der Waals surface area contributed by atoms with Gasteiger partial charge in [0.1, 0.15) is 11.9 Å². The van der Waals surface area contributed by atoms with Crippen LogP contribution >= 0.6 is 0 Å². The number of aryl methyl sites for hydroxylation is 1. The number of hydrogen-bond donors (Lipinski definition) is 0. The first-order chi connectivity index (χ1) is 19.7. The molecule has 1 unspecified atom stereocenters. The number of nitrogens with zero attached hydrogens (tertiary/aromatic N) is 4. The van der Waals surface area contributed by atoms with Gasteiger partial charge in [0.2, 0.25) is 0 Å². The largest absolute Gasteiger partial charge is 0.473 e. The average Bonchev–Trinajstić information content (AvgIpc) is 3.56. The number of fused-ring (bicyclic) bond motifs is 1. The summed E-state index contributed by atoms with van der Waals surface area (Å²) in [6.07, 6.45) is 5.45. The van der Waals surface area contributed by atoms with Crippen LogP contribution in [-0.4, -0.2) is 82.4 Å². The highest BCUT2D eigenvalue weighted by Gasteiger charge is 2.36. The molecule has 1 atom stereocenters. The van der Waals surface area contributed by atoms with E-state index in [-0.39, 0.29) is 24.3 Å². The number of carbonyl (C=O) groups is 1. The van der Waals surface area contributed by atoms with Crippen LogP contribution in [0.5, 0.6) is 5.88 Å². The maximum absolute atomic E-state index is 14.5. The first-order valence-corrected chi connectivity index (χ1v) is 14.9. The maximum Gasteiger partial charge on any atom is 0.254 e. The van der Waals surface area contributed by atoms with Crippen LogP contribution in [0.15, 0.2) is 36.7 Å². The normalized spacial score (nSPS) is 17.5. The van der Waals surface area contributed by atoms with Gasteiger partial charge in [-0.05, 0) is 64.2 Å². The molecule has 3 aromatic rings. The Morgan fingerprint density at radius 2 is 1.85 bits per heavy atom. The third-order valence-electron chi connectivity index (χ3n) is 8.33. The number of likely N-dealkylation sites (tertiary alicyclic amines) is 1. The minimum Gasteiger partial charge on any atom is -0.473 e. The first kappa shape index (κ1) is 29.5. The highest BCUT2D eigenvalue weighted by Crippen LogP contribution is 2.37. The molecule has 1 amide bonds. The van der Waals surface area contributed by atoms with Crippen LogP contribution in [0, 0.1) is 18.7 Å². The Labute approximate surface area is 242 Å². The molecule has 8 nitrogen and oxygen atoms in total. The molecule has 4 heterocycles. The van der Waals surface area contributed by atoms with E-state index >= 15 is 0 Å². The number of aromatic nitrogens is 2. The third-order valence-corrected chi connectivity index (χ3v) is 8.33. The summed E-state index contributed by atoms with van der Waals surface area (Å²) in [5.74, 6) is 0.579. The number of rotatable bonds is 11. The predicted octanol–water partition coefficient (Wildman–Crippen LogP) is 5.56. The molecule has 222 valence electrons. The van der Waals surface area contributed by atoms with Gasteiger partial charge in [0.15, 0.2) is 12.2 Å². The van der Waals surface area contributed by atoms with Crippen LogP contribution in [-0.2, 0) is 9.47 Å². The number of hydrogen-bond acceptors (Lipinski definition) is 6. The van der Waals surface area contributed by atoms with E-state index < -0.39 is 5.82 Å². The molecule has 0 bridgehead atoms. The molecule has 2 aliphatic heterocycles. The summed E-state index contributed by atoms with van der Waals surface area (Å²) in [5, 5.41) is 0. The highest BCUT2D eigenvalue weighted by atomic mass is 19.1. The lowest BCUT2D eigenvalue weighted by Crippen LogP contribution is -2.59. The highest BCUT2D eigenvalue weighted by molar-refractivity contribution is 6.03. The lowest BCUT2D eigenvalue weighted by Gasteiger charge is -2.45. The molecule has 41 heavy (non-hydrogen) atoms. The number of ether oxygens (including phenoxy) is 3. The van der Waals surface area contributed by atoms with Gasteiger partial charge >= 0.3 is 0 Å². The van der Waals surface area contributed by atoms with Gasteiger partial charge in [-0.2, -0.15) is 0 Å². The summed E-state index contributed by atoms with van der Waals surface area (Å²) in [4.78, 5) is 22.2. The van der Waals surface area contributed by atoms with Crippen LogP contribution in [0.2, 0.25) is 0 Å². The maximum atomic E-state index is 14.5. The minimum atomic E-state index is -0.438. The van der Waals surface area contributed by atoms with E-state index in [9.17, 15) is 9.18 Å². The second-order valence-corrected chi connectivity index (χ2v) is 11.8. The van der Waals surface area contributed by atoms with Gasteiger partial charge in [-0.15, -0.1) is 0 Å². The topological polar surface area (TPSA) is 68.5 Å². The molecule has 5 rings (SSSR count). The molecule has 1 aromatic carbocycles. The summed E-state index contributed by atoms with van der Waals surface area (Å²) in [6.45, 7) is 16.0. The van der Waals surface area contributed by atoms with Crippen LogP contribution in [0.4, 0.5) is 4.39 Å². The first-order valence-electron chi connectivity index (χ1n) is 14.9. The molecule has 2 aliphatic rings. The van der Waals surface area contributed by atoms with Gasteiger partial charge in [-0.3, -0.25) is 19.1 Å². The molecule has 9 heteroatoms. The van der Waals surface area contributed by atoms with Crippen LogP contribution in [0.25, 0.3) is 16.6 Å². The Morgan fingerprint density at radius 3 is 2.51 bits per heavy atom. The number of carbonyl (C=O) groups excluding carboxylic acids is 1. The Bertz CT molecular complexity index is 1360. The fourth-order valence-corrected chi connectivity index (χ4v) is 6.20. The van der Waals surface area contributed by atoms with Crippen molar-refractivity contribution in [3.63, 3.8) is 0 Å². The monoisotopic (exact) mass is 566 g/mol. The van der Waals surface area contributed by atoms with Crippen molar-refractivity contribution in [2.45, 2.75) is 78.9 Å². The fraction of sp³-hybridized carbons (Fsp3) is 0.562. The predicted molar refractivity (Wildman–Crippen MR) is 157 cm³/mol. The van der Waals surface area contributed by atoms with Crippen LogP contribution < -0.4 is 4.74 Å². The van der Waals surface area contributed by atoms with Gasteiger partial charge < -0.3 is 19.1 Å². The van der Waals surface area contributed by atoms with E-state index in [1.54, 1.807) is 23.4 Å². The quantitative estimate of drug-likeness (QED) is 0.303. The minimum absolute atomic E-state index is 0.00773. The van der Waals surface area contributed by atoms with Crippen LogP contribution in [0.1, 0.15) is 63.5 Å². The summed E-state index contributed by atoms with van der Waals surface area (Å²) in [5.41, 5.74) is 3.55. The number of amides is 1.